The van der Waals surface area contributed by atoms with Gasteiger partial charge in [-0.3, -0.25) is 4.79 Å². The number of hydrogen-bond donors (Lipinski definition) is 1. The average Bonchev–Trinajstić information content (AvgIpc) is 3.10. The predicted molar refractivity (Wildman–Crippen MR) is 123 cm³/mol. The molecule has 0 unspecified atom stereocenters. The third-order valence-electron chi connectivity index (χ3n) is 4.24. The molecule has 0 aliphatic rings. The number of thiophene rings is 1. The zero-order valence-corrected chi connectivity index (χ0v) is 19.4. The van der Waals surface area contributed by atoms with E-state index in [1.165, 1.54) is 11.3 Å². The average molecular weight is 488 g/mol. The summed E-state index contributed by atoms with van der Waals surface area (Å²) in [5, 5.41) is 5.08. The molecular weight excluding hydrogens is 466 g/mol. The Balaban J connectivity index is 1.79. The first kappa shape index (κ1) is 22.1. The lowest BCUT2D eigenvalue weighted by Gasteiger charge is -2.10. The van der Waals surface area contributed by atoms with Crippen molar-refractivity contribution in [2.24, 2.45) is 0 Å². The molecule has 30 heavy (non-hydrogen) atoms. The monoisotopic (exact) mass is 487 g/mol. The van der Waals surface area contributed by atoms with Crippen LogP contribution in [0.2, 0.25) is 0 Å². The molecule has 0 spiro atoms. The molecule has 7 heteroatoms. The molecule has 0 radical (unpaired) electrons. The molecule has 0 aliphatic carbocycles. The van der Waals surface area contributed by atoms with Gasteiger partial charge in [0.15, 0.2) is 6.61 Å². The zero-order valence-electron chi connectivity index (χ0n) is 17.0. The number of esters is 1. The minimum Gasteiger partial charge on any atom is -0.484 e. The zero-order chi connectivity index (χ0) is 21.7. The van der Waals surface area contributed by atoms with Crippen LogP contribution in [0.4, 0.5) is 5.00 Å². The highest BCUT2D eigenvalue weighted by Crippen LogP contribution is 2.36. The molecule has 0 saturated heterocycles. The minimum atomic E-state index is -0.470. The summed E-state index contributed by atoms with van der Waals surface area (Å²) in [5.74, 6) is -0.180. The van der Waals surface area contributed by atoms with Gasteiger partial charge in [0.25, 0.3) is 5.91 Å². The first-order chi connectivity index (χ1) is 14.4. The van der Waals surface area contributed by atoms with E-state index >= 15 is 0 Å². The highest BCUT2D eigenvalue weighted by atomic mass is 79.9. The number of nitrogens with one attached hydrogen (secondary N) is 1. The van der Waals surface area contributed by atoms with E-state index in [2.05, 4.69) is 21.2 Å². The second-order valence-electron chi connectivity index (χ2n) is 6.74. The minimum absolute atomic E-state index is 0.156. The van der Waals surface area contributed by atoms with E-state index in [-0.39, 0.29) is 19.1 Å². The fraction of sp³-hybridized carbons (Fsp3) is 0.217. The summed E-state index contributed by atoms with van der Waals surface area (Å²) in [6.45, 7) is 5.79. The van der Waals surface area contributed by atoms with E-state index in [4.69, 9.17) is 9.47 Å². The number of benzene rings is 2. The van der Waals surface area contributed by atoms with Gasteiger partial charge in [-0.15, -0.1) is 11.3 Å². The van der Waals surface area contributed by atoms with Crippen molar-refractivity contribution in [3.8, 4) is 16.9 Å². The summed E-state index contributed by atoms with van der Waals surface area (Å²) in [4.78, 5) is 25.1. The second kappa shape index (κ2) is 9.91. The quantitative estimate of drug-likeness (QED) is 0.415. The molecule has 3 aromatic rings. The van der Waals surface area contributed by atoms with Crippen molar-refractivity contribution in [2.45, 2.75) is 20.8 Å². The number of amides is 1. The van der Waals surface area contributed by atoms with E-state index in [0.717, 1.165) is 26.7 Å². The first-order valence-corrected chi connectivity index (χ1v) is 11.1. The van der Waals surface area contributed by atoms with E-state index in [9.17, 15) is 9.59 Å². The molecule has 1 aromatic heterocycles. The van der Waals surface area contributed by atoms with Crippen molar-refractivity contribution in [2.75, 3.05) is 18.5 Å². The molecule has 2 aromatic carbocycles. The van der Waals surface area contributed by atoms with Gasteiger partial charge in [-0.2, -0.15) is 0 Å². The van der Waals surface area contributed by atoms with Crippen molar-refractivity contribution in [3.05, 3.63) is 69.0 Å². The maximum absolute atomic E-state index is 12.6. The Kier molecular flexibility index (Phi) is 7.29. The Labute approximate surface area is 188 Å². The van der Waals surface area contributed by atoms with Gasteiger partial charge in [0, 0.05) is 15.4 Å². The Hall–Kier alpha value is -2.64. The van der Waals surface area contributed by atoms with Crippen molar-refractivity contribution >= 4 is 44.1 Å². The normalized spacial score (nSPS) is 10.5. The topological polar surface area (TPSA) is 64.6 Å². The van der Waals surface area contributed by atoms with Gasteiger partial charge in [0.05, 0.1) is 6.61 Å². The number of rotatable bonds is 7. The van der Waals surface area contributed by atoms with Crippen LogP contribution in [0, 0.1) is 13.8 Å². The third kappa shape index (κ3) is 5.49. The Bertz CT molecular complexity index is 1040. The van der Waals surface area contributed by atoms with E-state index < -0.39 is 5.97 Å². The summed E-state index contributed by atoms with van der Waals surface area (Å²) in [7, 11) is 0. The number of aryl methyl sites for hydroxylation is 2. The molecular formula is C23H22BrNO4S. The van der Waals surface area contributed by atoms with Gasteiger partial charge in [0.1, 0.15) is 16.3 Å². The van der Waals surface area contributed by atoms with Gasteiger partial charge in [-0.1, -0.05) is 34.1 Å². The molecule has 5 nitrogen and oxygen atoms in total. The summed E-state index contributed by atoms with van der Waals surface area (Å²) < 4.78 is 11.8. The Morgan fingerprint density at radius 1 is 1.07 bits per heavy atom. The lowest BCUT2D eigenvalue weighted by atomic mass is 10.0. The highest BCUT2D eigenvalue weighted by molar-refractivity contribution is 9.10. The molecule has 1 N–H and O–H groups in total. The molecule has 1 amide bonds. The van der Waals surface area contributed by atoms with Crippen LogP contribution >= 0.6 is 27.3 Å². The smallest absolute Gasteiger partial charge is 0.341 e. The van der Waals surface area contributed by atoms with Crippen LogP contribution in [0.5, 0.6) is 5.75 Å². The molecule has 0 atom stereocenters. The number of halogens is 1. The van der Waals surface area contributed by atoms with E-state index in [0.29, 0.717) is 16.3 Å². The SMILES string of the molecule is CCOC(=O)c1c(-c2ccc(Br)cc2)csc1NC(=O)COc1cc(C)cc(C)c1. The van der Waals surface area contributed by atoms with Gasteiger partial charge in [-0.25, -0.2) is 4.79 Å². The van der Waals surface area contributed by atoms with Gasteiger partial charge >= 0.3 is 5.97 Å². The number of ether oxygens (including phenoxy) is 2. The fourth-order valence-corrected chi connectivity index (χ4v) is 4.26. The maximum Gasteiger partial charge on any atom is 0.341 e. The Morgan fingerprint density at radius 3 is 2.37 bits per heavy atom. The molecule has 0 aliphatic heterocycles. The lowest BCUT2D eigenvalue weighted by molar-refractivity contribution is -0.118. The summed E-state index contributed by atoms with van der Waals surface area (Å²) in [6, 6.07) is 13.4. The molecule has 0 fully saturated rings. The molecule has 0 saturated carbocycles. The van der Waals surface area contributed by atoms with Crippen LogP contribution < -0.4 is 10.1 Å². The van der Waals surface area contributed by atoms with Crippen LogP contribution in [0.1, 0.15) is 28.4 Å². The van der Waals surface area contributed by atoms with Gasteiger partial charge in [0.2, 0.25) is 0 Å². The van der Waals surface area contributed by atoms with E-state index in [1.54, 1.807) is 6.92 Å². The van der Waals surface area contributed by atoms with Crippen molar-refractivity contribution in [3.63, 3.8) is 0 Å². The first-order valence-electron chi connectivity index (χ1n) is 9.43. The Morgan fingerprint density at radius 2 is 1.73 bits per heavy atom. The predicted octanol–water partition coefficient (Wildman–Crippen LogP) is 5.99. The molecule has 1 heterocycles. The highest BCUT2D eigenvalue weighted by Gasteiger charge is 2.23. The summed E-state index contributed by atoms with van der Waals surface area (Å²) >= 11 is 4.70. The summed E-state index contributed by atoms with van der Waals surface area (Å²) in [6.07, 6.45) is 0. The molecule has 0 bridgehead atoms. The van der Waals surface area contributed by atoms with Gasteiger partial charge < -0.3 is 14.8 Å². The van der Waals surface area contributed by atoms with Crippen LogP contribution in [0.25, 0.3) is 11.1 Å². The number of carbonyl (C=O) groups is 2. The van der Waals surface area contributed by atoms with Crippen LogP contribution in [-0.4, -0.2) is 25.1 Å². The third-order valence-corrected chi connectivity index (χ3v) is 5.67. The number of anilines is 1. The molecule has 3 rings (SSSR count). The molecule has 156 valence electrons. The van der Waals surface area contributed by atoms with Crippen LogP contribution in [0.15, 0.2) is 52.3 Å². The lowest BCUT2D eigenvalue weighted by Crippen LogP contribution is -2.21. The number of carbonyl (C=O) groups excluding carboxylic acids is 2. The van der Waals surface area contributed by atoms with Crippen LogP contribution in [0.3, 0.4) is 0 Å². The van der Waals surface area contributed by atoms with E-state index in [1.807, 2.05) is 61.7 Å². The number of hydrogen-bond acceptors (Lipinski definition) is 5. The largest absolute Gasteiger partial charge is 0.484 e. The van der Waals surface area contributed by atoms with Crippen LogP contribution in [-0.2, 0) is 9.53 Å². The standard InChI is InChI=1S/C23H22BrNO4S/c1-4-28-23(27)21-19(16-5-7-17(24)8-6-16)13-30-22(21)25-20(26)12-29-18-10-14(2)9-15(3)11-18/h5-11,13H,4,12H2,1-3H3,(H,25,26). The fourth-order valence-electron chi connectivity index (χ4n) is 3.03. The second-order valence-corrected chi connectivity index (χ2v) is 8.54. The van der Waals surface area contributed by atoms with Crippen molar-refractivity contribution in [1.29, 1.82) is 0 Å². The summed E-state index contributed by atoms with van der Waals surface area (Å²) in [5.41, 5.74) is 4.06. The maximum atomic E-state index is 12.6. The van der Waals surface area contributed by atoms with Crippen molar-refractivity contribution < 1.29 is 19.1 Å². The van der Waals surface area contributed by atoms with Crippen molar-refractivity contribution in [1.82, 2.24) is 0 Å². The van der Waals surface area contributed by atoms with Gasteiger partial charge in [-0.05, 0) is 61.7 Å².